The van der Waals surface area contributed by atoms with Crippen molar-refractivity contribution in [3.8, 4) is 11.3 Å². The van der Waals surface area contributed by atoms with Crippen molar-refractivity contribution in [1.82, 2.24) is 9.97 Å². The molecule has 3 aromatic rings. The van der Waals surface area contributed by atoms with Gasteiger partial charge in [-0.25, -0.2) is 9.97 Å². The molecule has 1 amide bonds. The maximum atomic E-state index is 12.2. The molecule has 114 valence electrons. The number of carbonyl (C=O) groups excluding carboxylic acids is 1. The third-order valence-electron chi connectivity index (χ3n) is 3.32. The lowest BCUT2D eigenvalue weighted by Crippen LogP contribution is -2.11. The Morgan fingerprint density at radius 3 is 2.35 bits per heavy atom. The van der Waals surface area contributed by atoms with Gasteiger partial charge in [-0.3, -0.25) is 4.79 Å². The number of anilines is 1. The number of rotatable bonds is 3. The van der Waals surface area contributed by atoms with Crippen molar-refractivity contribution in [2.24, 2.45) is 0 Å². The lowest BCUT2D eigenvalue weighted by molar-refractivity contribution is 0.102. The van der Waals surface area contributed by atoms with E-state index in [4.69, 9.17) is 11.6 Å². The molecule has 0 fully saturated rings. The van der Waals surface area contributed by atoms with Gasteiger partial charge in [0.05, 0.1) is 5.69 Å². The van der Waals surface area contributed by atoms with Crippen LogP contribution in [0.15, 0.2) is 60.8 Å². The molecule has 1 aromatic heterocycles. The smallest absolute Gasteiger partial charge is 0.255 e. The first-order chi connectivity index (χ1) is 11.1. The number of hydrogen-bond donors (Lipinski definition) is 1. The minimum atomic E-state index is -0.174. The van der Waals surface area contributed by atoms with Gasteiger partial charge in [0.15, 0.2) is 0 Å². The van der Waals surface area contributed by atoms with Gasteiger partial charge in [-0.05, 0) is 49.4 Å². The van der Waals surface area contributed by atoms with Gasteiger partial charge in [0.1, 0.15) is 5.82 Å². The first kappa shape index (κ1) is 15.2. The van der Waals surface area contributed by atoms with Crippen LogP contribution in [0.5, 0.6) is 0 Å². The Morgan fingerprint density at radius 2 is 1.70 bits per heavy atom. The molecule has 1 N–H and O–H groups in total. The van der Waals surface area contributed by atoms with E-state index in [1.54, 1.807) is 30.5 Å². The van der Waals surface area contributed by atoms with Crippen molar-refractivity contribution in [2.75, 3.05) is 5.32 Å². The predicted octanol–water partition coefficient (Wildman–Crippen LogP) is 4.36. The summed E-state index contributed by atoms with van der Waals surface area (Å²) in [6.07, 6.45) is 1.73. The molecule has 0 saturated carbocycles. The third-order valence-corrected chi connectivity index (χ3v) is 3.57. The predicted molar refractivity (Wildman–Crippen MR) is 91.6 cm³/mol. The number of aryl methyl sites for hydroxylation is 1. The minimum Gasteiger partial charge on any atom is -0.322 e. The van der Waals surface area contributed by atoms with Crippen molar-refractivity contribution in [1.29, 1.82) is 0 Å². The number of aromatic nitrogens is 2. The molecule has 0 aliphatic rings. The van der Waals surface area contributed by atoms with Gasteiger partial charge >= 0.3 is 0 Å². The highest BCUT2D eigenvalue weighted by molar-refractivity contribution is 6.30. The summed E-state index contributed by atoms with van der Waals surface area (Å²) in [6, 6.07) is 16.1. The standard InChI is InChI=1S/C18H14ClN3O/c1-12-20-11-10-17(21-12)13-4-8-16(9-5-13)22-18(23)14-2-6-15(19)7-3-14/h2-11H,1H3,(H,22,23). The number of hydrogen-bond acceptors (Lipinski definition) is 3. The number of carbonyl (C=O) groups is 1. The molecule has 0 aliphatic carbocycles. The highest BCUT2D eigenvalue weighted by Gasteiger charge is 2.06. The van der Waals surface area contributed by atoms with Crippen LogP contribution in [0.2, 0.25) is 5.02 Å². The monoisotopic (exact) mass is 323 g/mol. The number of nitrogens with zero attached hydrogens (tertiary/aromatic N) is 2. The Morgan fingerprint density at radius 1 is 1.00 bits per heavy atom. The van der Waals surface area contributed by atoms with Crippen LogP contribution in [0.3, 0.4) is 0 Å². The van der Waals surface area contributed by atoms with E-state index in [-0.39, 0.29) is 5.91 Å². The largest absolute Gasteiger partial charge is 0.322 e. The Labute approximate surface area is 139 Å². The summed E-state index contributed by atoms with van der Waals surface area (Å²) in [4.78, 5) is 20.6. The van der Waals surface area contributed by atoms with Crippen molar-refractivity contribution < 1.29 is 4.79 Å². The van der Waals surface area contributed by atoms with Gasteiger partial charge in [0.2, 0.25) is 0 Å². The fourth-order valence-corrected chi connectivity index (χ4v) is 2.27. The summed E-state index contributed by atoms with van der Waals surface area (Å²) >= 11 is 5.82. The van der Waals surface area contributed by atoms with Crippen LogP contribution in [0, 0.1) is 6.92 Å². The van der Waals surface area contributed by atoms with Crippen molar-refractivity contribution >= 4 is 23.2 Å². The summed E-state index contributed by atoms with van der Waals surface area (Å²) in [5.74, 6) is 0.551. The van der Waals surface area contributed by atoms with E-state index in [0.29, 0.717) is 10.6 Å². The molecule has 0 atom stereocenters. The lowest BCUT2D eigenvalue weighted by atomic mass is 10.1. The Balaban J connectivity index is 1.75. The van der Waals surface area contributed by atoms with Crippen molar-refractivity contribution in [3.63, 3.8) is 0 Å². The van der Waals surface area contributed by atoms with Crippen LogP contribution in [-0.2, 0) is 0 Å². The molecule has 0 unspecified atom stereocenters. The molecule has 0 aliphatic heterocycles. The van der Waals surface area contributed by atoms with Gasteiger partial charge in [-0.2, -0.15) is 0 Å². The molecule has 3 rings (SSSR count). The summed E-state index contributed by atoms with van der Waals surface area (Å²) in [7, 11) is 0. The molecule has 2 aromatic carbocycles. The van der Waals surface area contributed by atoms with Crippen LogP contribution in [0.25, 0.3) is 11.3 Å². The van der Waals surface area contributed by atoms with Crippen molar-refractivity contribution in [2.45, 2.75) is 6.92 Å². The van der Waals surface area contributed by atoms with E-state index in [2.05, 4.69) is 15.3 Å². The summed E-state index contributed by atoms with van der Waals surface area (Å²) < 4.78 is 0. The third kappa shape index (κ3) is 3.73. The molecule has 5 heteroatoms. The normalized spacial score (nSPS) is 10.3. The number of halogens is 1. The number of benzene rings is 2. The maximum Gasteiger partial charge on any atom is 0.255 e. The Bertz CT molecular complexity index is 830. The number of nitrogens with one attached hydrogen (secondary N) is 1. The summed E-state index contributed by atoms with van der Waals surface area (Å²) in [6.45, 7) is 1.85. The Hall–Kier alpha value is -2.72. The highest BCUT2D eigenvalue weighted by Crippen LogP contribution is 2.20. The van der Waals surface area contributed by atoms with E-state index >= 15 is 0 Å². The van der Waals surface area contributed by atoms with E-state index in [0.717, 1.165) is 22.8 Å². The van der Waals surface area contributed by atoms with Gasteiger partial charge < -0.3 is 5.32 Å². The maximum absolute atomic E-state index is 12.2. The zero-order valence-electron chi connectivity index (χ0n) is 12.5. The zero-order chi connectivity index (χ0) is 16.2. The average molecular weight is 324 g/mol. The highest BCUT2D eigenvalue weighted by atomic mass is 35.5. The van der Waals surface area contributed by atoms with Crippen LogP contribution in [0.4, 0.5) is 5.69 Å². The van der Waals surface area contributed by atoms with Gasteiger partial charge in [-0.15, -0.1) is 0 Å². The topological polar surface area (TPSA) is 54.9 Å². The molecule has 1 heterocycles. The van der Waals surface area contributed by atoms with Crippen molar-refractivity contribution in [3.05, 3.63) is 77.2 Å². The molecule has 0 spiro atoms. The second kappa shape index (κ2) is 6.58. The first-order valence-corrected chi connectivity index (χ1v) is 7.46. The van der Waals surface area contributed by atoms with Gasteiger partial charge in [-0.1, -0.05) is 23.7 Å². The van der Waals surface area contributed by atoms with E-state index in [1.807, 2.05) is 37.3 Å². The van der Waals surface area contributed by atoms with Gasteiger partial charge in [0.25, 0.3) is 5.91 Å². The van der Waals surface area contributed by atoms with E-state index < -0.39 is 0 Å². The molecule has 0 radical (unpaired) electrons. The lowest BCUT2D eigenvalue weighted by Gasteiger charge is -2.07. The van der Waals surface area contributed by atoms with Crippen LogP contribution >= 0.6 is 11.6 Å². The number of amides is 1. The molecule has 23 heavy (non-hydrogen) atoms. The van der Waals surface area contributed by atoms with Crippen LogP contribution in [0.1, 0.15) is 16.2 Å². The first-order valence-electron chi connectivity index (χ1n) is 7.09. The van der Waals surface area contributed by atoms with Crippen LogP contribution < -0.4 is 5.32 Å². The molecule has 0 bridgehead atoms. The van der Waals surface area contributed by atoms with E-state index in [9.17, 15) is 4.79 Å². The van der Waals surface area contributed by atoms with Gasteiger partial charge in [0, 0.05) is 28.0 Å². The molecular formula is C18H14ClN3O. The summed E-state index contributed by atoms with van der Waals surface area (Å²) in [5, 5.41) is 3.46. The molecular weight excluding hydrogens is 310 g/mol. The second-order valence-corrected chi connectivity index (χ2v) is 5.46. The van der Waals surface area contributed by atoms with E-state index in [1.165, 1.54) is 0 Å². The fourth-order valence-electron chi connectivity index (χ4n) is 2.15. The Kier molecular flexibility index (Phi) is 4.35. The molecule has 0 saturated heterocycles. The second-order valence-electron chi connectivity index (χ2n) is 5.03. The fraction of sp³-hybridized carbons (Fsp3) is 0.0556. The van der Waals surface area contributed by atoms with Crippen LogP contribution in [-0.4, -0.2) is 15.9 Å². The summed E-state index contributed by atoms with van der Waals surface area (Å²) in [5.41, 5.74) is 3.11. The quantitative estimate of drug-likeness (QED) is 0.779. The average Bonchev–Trinajstić information content (AvgIpc) is 2.56. The molecule has 4 nitrogen and oxygen atoms in total. The zero-order valence-corrected chi connectivity index (χ0v) is 13.2. The SMILES string of the molecule is Cc1nccc(-c2ccc(NC(=O)c3ccc(Cl)cc3)cc2)n1. The minimum absolute atomic E-state index is 0.174.